The maximum absolute atomic E-state index is 5.97. The standard InChI is InChI=1S/C17H15N5O2/c18-16-20-15(10-5-6-13-14(9-10)24-8-7-23-13)22-12-4-2-1-3-11(12)19-17(22)21-16/h1-6,9,15H,7-8H2,(H3,18,19,20,21)/t15-/m1/s1. The van der Waals surface area contributed by atoms with E-state index < -0.39 is 0 Å². The second-order valence-corrected chi connectivity index (χ2v) is 5.71. The number of imidazole rings is 1. The number of anilines is 1. The molecular formula is C17H15N5O2. The van der Waals surface area contributed by atoms with Crippen molar-refractivity contribution in [2.45, 2.75) is 6.17 Å². The SMILES string of the molecule is NC1=N[C@@H](c2ccc3c(c2)OCCO3)n2c(nc3ccccc32)N1. The van der Waals surface area contributed by atoms with Crippen LogP contribution in [0.25, 0.3) is 11.0 Å². The molecule has 0 unspecified atom stereocenters. The summed E-state index contributed by atoms with van der Waals surface area (Å²) in [6.45, 7) is 1.12. The van der Waals surface area contributed by atoms with Crippen LogP contribution in [0, 0.1) is 0 Å². The van der Waals surface area contributed by atoms with Crippen LogP contribution < -0.4 is 20.5 Å². The summed E-state index contributed by atoms with van der Waals surface area (Å²) in [4.78, 5) is 9.18. The van der Waals surface area contributed by atoms with Crippen molar-refractivity contribution in [1.82, 2.24) is 9.55 Å². The number of rotatable bonds is 1. The lowest BCUT2D eigenvalue weighted by Gasteiger charge is -2.25. The molecule has 2 aliphatic rings. The van der Waals surface area contributed by atoms with Crippen molar-refractivity contribution in [2.24, 2.45) is 10.7 Å². The zero-order valence-electron chi connectivity index (χ0n) is 12.8. The zero-order valence-corrected chi connectivity index (χ0v) is 12.8. The highest BCUT2D eigenvalue weighted by Gasteiger charge is 2.26. The van der Waals surface area contributed by atoms with Gasteiger partial charge in [0.15, 0.2) is 23.6 Å². The van der Waals surface area contributed by atoms with Crippen LogP contribution in [0.15, 0.2) is 47.5 Å². The molecule has 3 N–H and O–H groups in total. The molecule has 0 bridgehead atoms. The van der Waals surface area contributed by atoms with E-state index in [1.54, 1.807) is 0 Å². The van der Waals surface area contributed by atoms with Crippen LogP contribution in [0.4, 0.5) is 5.95 Å². The van der Waals surface area contributed by atoms with Gasteiger partial charge in [0.1, 0.15) is 13.2 Å². The van der Waals surface area contributed by atoms with Crippen LogP contribution in [0.5, 0.6) is 11.5 Å². The fourth-order valence-corrected chi connectivity index (χ4v) is 3.16. The van der Waals surface area contributed by atoms with E-state index in [1.165, 1.54) is 0 Å². The van der Waals surface area contributed by atoms with E-state index in [-0.39, 0.29) is 6.17 Å². The van der Waals surface area contributed by atoms with Crippen LogP contribution in [-0.4, -0.2) is 28.7 Å². The Bertz CT molecular complexity index is 978. The summed E-state index contributed by atoms with van der Waals surface area (Å²) >= 11 is 0. The van der Waals surface area contributed by atoms with Crippen LogP contribution in [0.1, 0.15) is 11.7 Å². The van der Waals surface area contributed by atoms with Gasteiger partial charge in [0.25, 0.3) is 0 Å². The van der Waals surface area contributed by atoms with Crippen molar-refractivity contribution < 1.29 is 9.47 Å². The van der Waals surface area contributed by atoms with E-state index in [9.17, 15) is 0 Å². The van der Waals surface area contributed by atoms with Crippen LogP contribution in [-0.2, 0) is 0 Å². The number of para-hydroxylation sites is 2. The van der Waals surface area contributed by atoms with Gasteiger partial charge < -0.3 is 15.2 Å². The molecule has 0 amide bonds. The molecule has 0 saturated heterocycles. The first-order chi connectivity index (χ1) is 11.8. The van der Waals surface area contributed by atoms with Crippen molar-refractivity contribution in [3.63, 3.8) is 0 Å². The predicted octanol–water partition coefficient (Wildman–Crippen LogP) is 2.09. The first-order valence-corrected chi connectivity index (χ1v) is 7.76. The first kappa shape index (κ1) is 13.2. The number of guanidine groups is 1. The summed E-state index contributed by atoms with van der Waals surface area (Å²) in [5.74, 6) is 2.52. The molecule has 3 heterocycles. The molecule has 0 aliphatic carbocycles. The molecule has 0 spiro atoms. The number of hydrogen-bond donors (Lipinski definition) is 2. The molecule has 7 heteroatoms. The molecule has 0 fully saturated rings. The molecule has 3 aromatic rings. The normalized spacial score (nSPS) is 18.7. The molecule has 0 radical (unpaired) electrons. The van der Waals surface area contributed by atoms with E-state index in [2.05, 4.69) is 15.3 Å². The number of aromatic nitrogens is 2. The van der Waals surface area contributed by atoms with Gasteiger partial charge in [0, 0.05) is 5.56 Å². The Labute approximate surface area is 137 Å². The summed E-state index contributed by atoms with van der Waals surface area (Å²) < 4.78 is 13.3. The third kappa shape index (κ3) is 1.91. The van der Waals surface area contributed by atoms with Crippen LogP contribution in [0.3, 0.4) is 0 Å². The highest BCUT2D eigenvalue weighted by atomic mass is 16.6. The van der Waals surface area contributed by atoms with Gasteiger partial charge in [-0.2, -0.15) is 0 Å². The van der Waals surface area contributed by atoms with Crippen molar-refractivity contribution in [1.29, 1.82) is 0 Å². The predicted molar refractivity (Wildman–Crippen MR) is 90.5 cm³/mol. The summed E-state index contributed by atoms with van der Waals surface area (Å²) in [6, 6.07) is 13.8. The van der Waals surface area contributed by atoms with Crippen molar-refractivity contribution >= 4 is 22.9 Å². The molecule has 2 aliphatic heterocycles. The third-order valence-corrected chi connectivity index (χ3v) is 4.21. The Kier molecular flexibility index (Phi) is 2.70. The number of nitrogens with zero attached hydrogens (tertiary/aromatic N) is 3. The van der Waals surface area contributed by atoms with Gasteiger partial charge in [-0.05, 0) is 24.3 Å². The average molecular weight is 321 g/mol. The maximum atomic E-state index is 5.97. The first-order valence-electron chi connectivity index (χ1n) is 7.76. The minimum atomic E-state index is -0.301. The fraction of sp³-hybridized carbons (Fsp3) is 0.176. The van der Waals surface area contributed by atoms with E-state index in [0.29, 0.717) is 25.1 Å². The Morgan fingerprint density at radius 2 is 1.92 bits per heavy atom. The maximum Gasteiger partial charge on any atom is 0.212 e. The van der Waals surface area contributed by atoms with Gasteiger partial charge in [0.05, 0.1) is 11.0 Å². The van der Waals surface area contributed by atoms with Gasteiger partial charge in [-0.3, -0.25) is 9.88 Å². The van der Waals surface area contributed by atoms with Crippen molar-refractivity contribution in [2.75, 3.05) is 18.5 Å². The average Bonchev–Trinajstić information content (AvgIpc) is 2.98. The Hall–Kier alpha value is -3.22. The Morgan fingerprint density at radius 3 is 2.83 bits per heavy atom. The lowest BCUT2D eigenvalue weighted by atomic mass is 10.1. The number of ether oxygens (including phenoxy) is 2. The van der Waals surface area contributed by atoms with E-state index in [4.69, 9.17) is 15.2 Å². The molecule has 2 aromatic carbocycles. The molecule has 1 aromatic heterocycles. The number of nitrogens with two attached hydrogens (primary N) is 1. The smallest absolute Gasteiger partial charge is 0.212 e. The molecule has 7 nitrogen and oxygen atoms in total. The third-order valence-electron chi connectivity index (χ3n) is 4.21. The second kappa shape index (κ2) is 4.89. The second-order valence-electron chi connectivity index (χ2n) is 5.71. The largest absolute Gasteiger partial charge is 0.486 e. The Balaban J connectivity index is 1.69. The molecule has 5 rings (SSSR count). The summed E-state index contributed by atoms with van der Waals surface area (Å²) in [6.07, 6.45) is -0.301. The Morgan fingerprint density at radius 1 is 1.08 bits per heavy atom. The van der Waals surface area contributed by atoms with Crippen molar-refractivity contribution in [3.05, 3.63) is 48.0 Å². The van der Waals surface area contributed by atoms with Crippen LogP contribution >= 0.6 is 0 Å². The minimum absolute atomic E-state index is 0.301. The number of aliphatic imine (C=N–C) groups is 1. The van der Waals surface area contributed by atoms with Gasteiger partial charge in [-0.15, -0.1) is 0 Å². The number of fused-ring (bicyclic) bond motifs is 4. The van der Waals surface area contributed by atoms with E-state index in [1.807, 2.05) is 47.0 Å². The minimum Gasteiger partial charge on any atom is -0.486 e. The summed E-state index contributed by atoms with van der Waals surface area (Å²) in [5, 5.41) is 3.04. The number of hydrogen-bond acceptors (Lipinski definition) is 6. The molecule has 120 valence electrons. The van der Waals surface area contributed by atoms with Gasteiger partial charge in [0.2, 0.25) is 5.95 Å². The quantitative estimate of drug-likeness (QED) is 0.717. The molecule has 0 saturated carbocycles. The zero-order chi connectivity index (χ0) is 16.1. The van der Waals surface area contributed by atoms with Crippen LogP contribution in [0.2, 0.25) is 0 Å². The van der Waals surface area contributed by atoms with Crippen molar-refractivity contribution in [3.8, 4) is 11.5 Å². The highest BCUT2D eigenvalue weighted by Crippen LogP contribution is 2.37. The fourth-order valence-electron chi connectivity index (χ4n) is 3.16. The highest BCUT2D eigenvalue weighted by molar-refractivity contribution is 5.94. The van der Waals surface area contributed by atoms with E-state index in [0.717, 1.165) is 28.1 Å². The molecule has 24 heavy (non-hydrogen) atoms. The van der Waals surface area contributed by atoms with E-state index >= 15 is 0 Å². The lowest BCUT2D eigenvalue weighted by molar-refractivity contribution is 0.171. The molecule has 1 atom stereocenters. The van der Waals surface area contributed by atoms with Gasteiger partial charge in [-0.25, -0.2) is 9.98 Å². The topological polar surface area (TPSA) is 86.7 Å². The number of benzene rings is 2. The molecular weight excluding hydrogens is 306 g/mol. The summed E-state index contributed by atoms with van der Waals surface area (Å²) in [5.41, 5.74) is 8.82. The van der Waals surface area contributed by atoms with Gasteiger partial charge in [-0.1, -0.05) is 18.2 Å². The summed E-state index contributed by atoms with van der Waals surface area (Å²) in [7, 11) is 0. The monoisotopic (exact) mass is 321 g/mol. The van der Waals surface area contributed by atoms with Gasteiger partial charge >= 0.3 is 0 Å². The number of nitrogens with one attached hydrogen (secondary N) is 1. The lowest BCUT2D eigenvalue weighted by Crippen LogP contribution is -2.31.